The van der Waals surface area contributed by atoms with E-state index in [4.69, 9.17) is 0 Å². The van der Waals surface area contributed by atoms with Crippen molar-refractivity contribution in [2.45, 2.75) is 25.9 Å². The van der Waals surface area contributed by atoms with Crippen LogP contribution in [0.25, 0.3) is 5.69 Å². The lowest BCUT2D eigenvalue weighted by atomic mass is 10.1. The Morgan fingerprint density at radius 1 is 1.17 bits per heavy atom. The van der Waals surface area contributed by atoms with Gasteiger partial charge in [-0.25, -0.2) is 17.8 Å². The molecule has 1 aromatic heterocycles. The maximum atomic E-state index is 13.3. The van der Waals surface area contributed by atoms with Gasteiger partial charge in [0.05, 0.1) is 18.3 Å². The van der Waals surface area contributed by atoms with E-state index in [9.17, 15) is 17.6 Å². The largest absolute Gasteiger partial charge is 0.350 e. The van der Waals surface area contributed by atoms with Gasteiger partial charge < -0.3 is 9.88 Å². The minimum absolute atomic E-state index is 0.241. The van der Waals surface area contributed by atoms with Gasteiger partial charge in [0.15, 0.2) is 0 Å². The summed E-state index contributed by atoms with van der Waals surface area (Å²) in [6, 6.07) is 11.7. The van der Waals surface area contributed by atoms with Crippen LogP contribution < -0.4 is 9.62 Å². The number of carbonyl (C=O) groups excluding carboxylic acids is 1. The Hall–Kier alpha value is -3.20. The number of anilines is 1. The van der Waals surface area contributed by atoms with Crippen LogP contribution in [0.4, 0.5) is 10.1 Å². The van der Waals surface area contributed by atoms with E-state index in [2.05, 4.69) is 10.3 Å². The third-order valence-electron chi connectivity index (χ3n) is 4.62. The van der Waals surface area contributed by atoms with Crippen molar-refractivity contribution in [2.75, 3.05) is 10.6 Å². The van der Waals surface area contributed by atoms with E-state index in [0.717, 1.165) is 21.8 Å². The zero-order valence-corrected chi connectivity index (χ0v) is 17.5. The number of aromatic nitrogens is 2. The van der Waals surface area contributed by atoms with Crippen molar-refractivity contribution in [3.8, 4) is 5.69 Å². The highest BCUT2D eigenvalue weighted by molar-refractivity contribution is 7.92. The SMILES string of the molecule is CCC(C(=O)NCc1ccc(-n2ccnc2)cc1)N(c1ccc(F)cc1)S(C)(=O)=O. The van der Waals surface area contributed by atoms with Gasteiger partial charge in [-0.3, -0.25) is 9.10 Å². The molecule has 0 aliphatic rings. The van der Waals surface area contributed by atoms with Crippen LogP contribution >= 0.6 is 0 Å². The van der Waals surface area contributed by atoms with Crippen molar-refractivity contribution in [1.29, 1.82) is 0 Å². The number of benzene rings is 2. The second-order valence-corrected chi connectivity index (χ2v) is 8.67. The zero-order chi connectivity index (χ0) is 21.7. The van der Waals surface area contributed by atoms with Crippen LogP contribution in [-0.4, -0.2) is 36.2 Å². The second-order valence-electron chi connectivity index (χ2n) is 6.81. The maximum absolute atomic E-state index is 13.3. The first-order chi connectivity index (χ1) is 14.3. The molecule has 0 saturated carbocycles. The first kappa shape index (κ1) is 21.5. The van der Waals surface area contributed by atoms with E-state index in [1.165, 1.54) is 24.3 Å². The molecule has 0 spiro atoms. The average molecular weight is 431 g/mol. The van der Waals surface area contributed by atoms with E-state index in [1.807, 2.05) is 35.0 Å². The highest BCUT2D eigenvalue weighted by atomic mass is 32.2. The molecule has 1 unspecified atom stereocenters. The van der Waals surface area contributed by atoms with Crippen LogP contribution in [0, 0.1) is 5.82 Å². The molecule has 1 amide bonds. The average Bonchev–Trinajstić information content (AvgIpc) is 3.25. The summed E-state index contributed by atoms with van der Waals surface area (Å²) in [4.78, 5) is 16.8. The molecule has 1 atom stereocenters. The molecule has 0 radical (unpaired) electrons. The molecule has 0 bridgehead atoms. The number of halogens is 1. The second kappa shape index (κ2) is 9.08. The van der Waals surface area contributed by atoms with E-state index in [0.29, 0.717) is 0 Å². The van der Waals surface area contributed by atoms with E-state index < -0.39 is 27.8 Å². The van der Waals surface area contributed by atoms with E-state index in [-0.39, 0.29) is 18.7 Å². The van der Waals surface area contributed by atoms with Gasteiger partial charge in [-0.2, -0.15) is 0 Å². The Kier molecular flexibility index (Phi) is 6.51. The van der Waals surface area contributed by atoms with Crippen LogP contribution in [0.3, 0.4) is 0 Å². The minimum atomic E-state index is -3.76. The van der Waals surface area contributed by atoms with Crippen molar-refractivity contribution < 1.29 is 17.6 Å². The van der Waals surface area contributed by atoms with Crippen molar-refractivity contribution in [2.24, 2.45) is 0 Å². The third-order valence-corrected chi connectivity index (χ3v) is 5.80. The number of nitrogens with zero attached hydrogens (tertiary/aromatic N) is 3. The molecular weight excluding hydrogens is 407 g/mol. The summed E-state index contributed by atoms with van der Waals surface area (Å²) >= 11 is 0. The van der Waals surface area contributed by atoms with Crippen molar-refractivity contribution in [3.05, 3.63) is 78.6 Å². The van der Waals surface area contributed by atoms with Gasteiger partial charge in [0.2, 0.25) is 15.9 Å². The van der Waals surface area contributed by atoms with Crippen molar-refractivity contribution in [1.82, 2.24) is 14.9 Å². The van der Waals surface area contributed by atoms with Crippen LogP contribution in [0.2, 0.25) is 0 Å². The molecule has 0 aliphatic heterocycles. The zero-order valence-electron chi connectivity index (χ0n) is 16.7. The molecular formula is C21H23FN4O3S. The standard InChI is InChI=1S/C21H23FN4O3S/c1-3-20(26(30(2,28)29)19-10-6-17(22)7-11-19)21(27)24-14-16-4-8-18(9-5-16)25-13-12-23-15-25/h4-13,15,20H,3,14H2,1-2H3,(H,24,27). The predicted octanol–water partition coefficient (Wildman–Crippen LogP) is 2.87. The number of rotatable bonds is 8. The topological polar surface area (TPSA) is 84.3 Å². The Balaban J connectivity index is 1.73. The fourth-order valence-electron chi connectivity index (χ4n) is 3.15. The molecule has 3 rings (SSSR count). The summed E-state index contributed by atoms with van der Waals surface area (Å²) in [7, 11) is -3.76. The summed E-state index contributed by atoms with van der Waals surface area (Å²) in [6.07, 6.45) is 6.50. The number of hydrogen-bond donors (Lipinski definition) is 1. The molecule has 0 aliphatic carbocycles. The number of carbonyl (C=O) groups is 1. The normalized spacial score (nSPS) is 12.4. The Morgan fingerprint density at radius 3 is 2.37 bits per heavy atom. The maximum Gasteiger partial charge on any atom is 0.244 e. The third kappa shape index (κ3) is 5.04. The highest BCUT2D eigenvalue weighted by Gasteiger charge is 2.31. The molecule has 0 saturated heterocycles. The van der Waals surface area contributed by atoms with Gasteiger partial charge in [-0.15, -0.1) is 0 Å². The summed E-state index contributed by atoms with van der Waals surface area (Å²) in [5.74, 6) is -0.908. The Labute approximate surface area is 175 Å². The smallest absolute Gasteiger partial charge is 0.244 e. The number of nitrogens with one attached hydrogen (secondary N) is 1. The molecule has 158 valence electrons. The summed E-state index contributed by atoms with van der Waals surface area (Å²) in [5.41, 5.74) is 2.05. The van der Waals surface area contributed by atoms with Gasteiger partial charge in [0.25, 0.3) is 0 Å². The van der Waals surface area contributed by atoms with Crippen LogP contribution in [0.1, 0.15) is 18.9 Å². The molecule has 2 aromatic carbocycles. The lowest BCUT2D eigenvalue weighted by Gasteiger charge is -2.30. The van der Waals surface area contributed by atoms with E-state index in [1.54, 1.807) is 19.4 Å². The number of imidazole rings is 1. The highest BCUT2D eigenvalue weighted by Crippen LogP contribution is 2.23. The first-order valence-electron chi connectivity index (χ1n) is 9.39. The van der Waals surface area contributed by atoms with Crippen LogP contribution in [0.5, 0.6) is 0 Å². The monoisotopic (exact) mass is 430 g/mol. The number of amides is 1. The lowest BCUT2D eigenvalue weighted by Crippen LogP contribution is -2.49. The van der Waals surface area contributed by atoms with Gasteiger partial charge in [0, 0.05) is 24.6 Å². The lowest BCUT2D eigenvalue weighted by molar-refractivity contribution is -0.122. The fourth-order valence-corrected chi connectivity index (χ4v) is 4.36. The minimum Gasteiger partial charge on any atom is -0.350 e. The molecule has 0 fully saturated rings. The molecule has 1 N–H and O–H groups in total. The molecule has 3 aromatic rings. The molecule has 30 heavy (non-hydrogen) atoms. The van der Waals surface area contributed by atoms with Crippen molar-refractivity contribution >= 4 is 21.6 Å². The molecule has 7 nitrogen and oxygen atoms in total. The van der Waals surface area contributed by atoms with E-state index >= 15 is 0 Å². The quantitative estimate of drug-likeness (QED) is 0.596. The van der Waals surface area contributed by atoms with Gasteiger partial charge in [-0.1, -0.05) is 19.1 Å². The summed E-state index contributed by atoms with van der Waals surface area (Å²) < 4.78 is 40.9. The molecule has 9 heteroatoms. The fraction of sp³-hybridized carbons (Fsp3) is 0.238. The van der Waals surface area contributed by atoms with Crippen LogP contribution in [-0.2, 0) is 21.4 Å². The molecule has 1 heterocycles. The summed E-state index contributed by atoms with van der Waals surface area (Å²) in [5, 5.41) is 2.80. The number of sulfonamides is 1. The van der Waals surface area contributed by atoms with Gasteiger partial charge >= 0.3 is 0 Å². The Morgan fingerprint density at radius 2 is 1.83 bits per heavy atom. The predicted molar refractivity (Wildman–Crippen MR) is 113 cm³/mol. The van der Waals surface area contributed by atoms with Crippen LogP contribution in [0.15, 0.2) is 67.3 Å². The Bertz CT molecular complexity index is 1080. The van der Waals surface area contributed by atoms with Crippen molar-refractivity contribution in [3.63, 3.8) is 0 Å². The van der Waals surface area contributed by atoms with Gasteiger partial charge in [-0.05, 0) is 48.4 Å². The summed E-state index contributed by atoms with van der Waals surface area (Å²) in [6.45, 7) is 1.98. The first-order valence-corrected chi connectivity index (χ1v) is 11.2. The number of hydrogen-bond acceptors (Lipinski definition) is 4. The van der Waals surface area contributed by atoms with Gasteiger partial charge in [0.1, 0.15) is 11.9 Å².